The number of aromatic nitrogens is 3. The average molecular weight is 562 g/mol. The molecule has 1 aliphatic rings. The minimum Gasteiger partial charge on any atom is -0.392 e. The van der Waals surface area contributed by atoms with E-state index in [-0.39, 0.29) is 11.3 Å². The summed E-state index contributed by atoms with van der Waals surface area (Å²) in [6, 6.07) is 11.2. The normalized spacial score (nSPS) is 16.8. The van der Waals surface area contributed by atoms with E-state index >= 15 is 0 Å². The van der Waals surface area contributed by atoms with Crippen molar-refractivity contribution in [1.29, 1.82) is 0 Å². The van der Waals surface area contributed by atoms with E-state index in [4.69, 9.17) is 0 Å². The Kier molecular flexibility index (Phi) is 7.65. The van der Waals surface area contributed by atoms with Gasteiger partial charge >= 0.3 is 12.4 Å². The van der Waals surface area contributed by atoms with Gasteiger partial charge in [0, 0.05) is 42.3 Å². The van der Waals surface area contributed by atoms with Crippen LogP contribution in [0.1, 0.15) is 29.8 Å². The molecule has 0 bridgehead atoms. The molecule has 0 spiro atoms. The molecule has 3 heterocycles. The van der Waals surface area contributed by atoms with Gasteiger partial charge in [0.05, 0.1) is 28.4 Å². The number of nitrogens with zero attached hydrogens (tertiary/aromatic N) is 4. The maximum absolute atomic E-state index is 13.7. The Hall–Kier alpha value is -3.77. The van der Waals surface area contributed by atoms with Crippen LogP contribution in [-0.4, -0.2) is 50.7 Å². The van der Waals surface area contributed by atoms with Crippen molar-refractivity contribution in [1.82, 2.24) is 19.9 Å². The Morgan fingerprint density at radius 3 is 2.42 bits per heavy atom. The molecule has 1 atom stereocenters. The van der Waals surface area contributed by atoms with Gasteiger partial charge < -0.3 is 15.3 Å². The number of alkyl halides is 6. The highest BCUT2D eigenvalue weighted by Crippen LogP contribution is 2.37. The number of β-amino-alcohol motifs (C(OH)–C–C–N with tert-alkyl or cyclic N) is 1. The number of rotatable bonds is 6. The number of halogens is 6. The summed E-state index contributed by atoms with van der Waals surface area (Å²) in [7, 11) is 0. The molecule has 5 rings (SSSR count). The molecular weight excluding hydrogens is 536 g/mol. The zero-order valence-corrected chi connectivity index (χ0v) is 21.1. The molecule has 210 valence electrons. The summed E-state index contributed by atoms with van der Waals surface area (Å²) in [5.41, 5.74) is -0.993. The number of nitrogens with one attached hydrogen (secondary N) is 1. The second-order valence-electron chi connectivity index (χ2n) is 9.66. The van der Waals surface area contributed by atoms with Crippen molar-refractivity contribution < 1.29 is 31.4 Å². The van der Waals surface area contributed by atoms with Crippen LogP contribution in [-0.2, 0) is 18.8 Å². The van der Waals surface area contributed by atoms with Gasteiger partial charge in [-0.3, -0.25) is 4.98 Å². The Morgan fingerprint density at radius 1 is 0.950 bits per heavy atom. The summed E-state index contributed by atoms with van der Waals surface area (Å²) in [5, 5.41) is 13.5. The zero-order chi connectivity index (χ0) is 28.5. The van der Waals surface area contributed by atoms with Crippen molar-refractivity contribution >= 4 is 22.4 Å². The Balaban J connectivity index is 1.53. The van der Waals surface area contributed by atoms with Crippen LogP contribution in [0.2, 0.25) is 0 Å². The maximum Gasteiger partial charge on any atom is 0.418 e. The Bertz CT molecular complexity index is 1490. The van der Waals surface area contributed by atoms with Crippen molar-refractivity contribution in [3.05, 3.63) is 77.7 Å². The summed E-state index contributed by atoms with van der Waals surface area (Å²) in [6.07, 6.45) is -6.23. The fourth-order valence-electron chi connectivity index (χ4n) is 4.77. The van der Waals surface area contributed by atoms with Gasteiger partial charge in [0.2, 0.25) is 0 Å². The lowest BCUT2D eigenvalue weighted by Gasteiger charge is -2.29. The van der Waals surface area contributed by atoms with Gasteiger partial charge in [0.25, 0.3) is 0 Å². The maximum atomic E-state index is 13.7. The average Bonchev–Trinajstić information content (AvgIpc) is 2.91. The molecular formula is C28H25F6N5O. The first kappa shape index (κ1) is 27.8. The fraction of sp³-hybridized carbons (Fsp3) is 0.321. The smallest absolute Gasteiger partial charge is 0.392 e. The summed E-state index contributed by atoms with van der Waals surface area (Å²) < 4.78 is 80.0. The molecule has 0 radical (unpaired) electrons. The number of fused-ring (bicyclic) bond motifs is 1. The first-order valence-electron chi connectivity index (χ1n) is 12.7. The van der Waals surface area contributed by atoms with E-state index in [0.29, 0.717) is 47.7 Å². The quantitative estimate of drug-likeness (QED) is 0.263. The van der Waals surface area contributed by atoms with Crippen LogP contribution in [0.25, 0.3) is 22.2 Å². The number of aliphatic hydroxyl groups excluding tert-OH is 1. The van der Waals surface area contributed by atoms with Crippen LogP contribution in [0.4, 0.5) is 37.8 Å². The SMILES string of the molecule is OC1CCCN(CCc2nc(Nc3ccc(C(F)(F)F)cc3)c3ccc(-c4ncccc4C(F)(F)F)cc3n2)C1. The minimum atomic E-state index is -4.61. The standard InChI is InChI=1S/C28H25F6N5O/c29-27(30,31)18-6-8-19(9-7-18)36-26-21-10-5-17(25-22(28(32,33)34)4-1-12-35-25)15-23(21)37-24(38-26)11-14-39-13-2-3-20(40)16-39/h1,4-10,12,15,20,40H,2-3,11,13-14,16H2,(H,36,37,38). The van der Waals surface area contributed by atoms with Crippen molar-refractivity contribution in [3.8, 4) is 11.3 Å². The van der Waals surface area contributed by atoms with E-state index in [1.807, 2.05) is 0 Å². The van der Waals surface area contributed by atoms with Crippen molar-refractivity contribution in [2.75, 3.05) is 25.0 Å². The van der Waals surface area contributed by atoms with Gasteiger partial charge in [-0.25, -0.2) is 9.97 Å². The summed E-state index contributed by atoms with van der Waals surface area (Å²) in [4.78, 5) is 15.3. The highest BCUT2D eigenvalue weighted by molar-refractivity contribution is 5.93. The molecule has 40 heavy (non-hydrogen) atoms. The van der Waals surface area contributed by atoms with Crippen LogP contribution in [0.3, 0.4) is 0 Å². The van der Waals surface area contributed by atoms with E-state index in [0.717, 1.165) is 37.6 Å². The fourth-order valence-corrected chi connectivity index (χ4v) is 4.77. The summed E-state index contributed by atoms with van der Waals surface area (Å²) in [5.74, 6) is 0.707. The summed E-state index contributed by atoms with van der Waals surface area (Å²) in [6.45, 7) is 1.89. The molecule has 1 aliphatic heterocycles. The molecule has 12 heteroatoms. The predicted octanol–water partition coefficient (Wildman–Crippen LogP) is 6.47. The van der Waals surface area contributed by atoms with E-state index in [1.54, 1.807) is 6.07 Å². The molecule has 4 aromatic rings. The van der Waals surface area contributed by atoms with Crippen molar-refractivity contribution in [2.45, 2.75) is 37.7 Å². The summed E-state index contributed by atoms with van der Waals surface area (Å²) >= 11 is 0. The molecule has 0 amide bonds. The lowest BCUT2D eigenvalue weighted by atomic mass is 10.0. The lowest BCUT2D eigenvalue weighted by molar-refractivity contribution is -0.138. The second kappa shape index (κ2) is 11.0. The topological polar surface area (TPSA) is 74.2 Å². The number of pyridine rings is 1. The monoisotopic (exact) mass is 561 g/mol. The molecule has 1 unspecified atom stereocenters. The van der Waals surface area contributed by atoms with E-state index in [2.05, 4.69) is 25.2 Å². The van der Waals surface area contributed by atoms with Crippen molar-refractivity contribution in [2.24, 2.45) is 0 Å². The first-order valence-corrected chi connectivity index (χ1v) is 12.7. The molecule has 2 aromatic heterocycles. The van der Waals surface area contributed by atoms with E-state index < -0.39 is 29.6 Å². The lowest BCUT2D eigenvalue weighted by Crippen LogP contribution is -2.39. The number of hydrogen-bond acceptors (Lipinski definition) is 6. The third kappa shape index (κ3) is 6.34. The number of anilines is 2. The molecule has 0 aliphatic carbocycles. The van der Waals surface area contributed by atoms with E-state index in [1.165, 1.54) is 36.5 Å². The molecule has 1 saturated heterocycles. The second-order valence-corrected chi connectivity index (χ2v) is 9.66. The molecule has 6 nitrogen and oxygen atoms in total. The number of piperidine rings is 1. The number of likely N-dealkylation sites (tertiary alicyclic amines) is 1. The Labute approximate surface area is 225 Å². The van der Waals surface area contributed by atoms with Crippen LogP contribution in [0.15, 0.2) is 60.8 Å². The molecule has 0 saturated carbocycles. The van der Waals surface area contributed by atoms with Crippen LogP contribution in [0, 0.1) is 0 Å². The van der Waals surface area contributed by atoms with Gasteiger partial charge in [-0.1, -0.05) is 6.07 Å². The Morgan fingerprint density at radius 2 is 1.73 bits per heavy atom. The van der Waals surface area contributed by atoms with Gasteiger partial charge in [0.15, 0.2) is 0 Å². The number of benzene rings is 2. The molecule has 2 N–H and O–H groups in total. The van der Waals surface area contributed by atoms with Gasteiger partial charge in [-0.2, -0.15) is 26.3 Å². The largest absolute Gasteiger partial charge is 0.418 e. The predicted molar refractivity (Wildman–Crippen MR) is 138 cm³/mol. The minimum absolute atomic E-state index is 0.213. The van der Waals surface area contributed by atoms with Crippen LogP contribution in [0.5, 0.6) is 0 Å². The first-order chi connectivity index (χ1) is 19.0. The number of aliphatic hydroxyl groups is 1. The number of hydrogen-bond donors (Lipinski definition) is 2. The molecule has 2 aromatic carbocycles. The van der Waals surface area contributed by atoms with E-state index in [9.17, 15) is 31.4 Å². The van der Waals surface area contributed by atoms with Gasteiger partial charge in [-0.05, 0) is 67.9 Å². The van der Waals surface area contributed by atoms with Crippen LogP contribution < -0.4 is 5.32 Å². The van der Waals surface area contributed by atoms with Crippen molar-refractivity contribution in [3.63, 3.8) is 0 Å². The van der Waals surface area contributed by atoms with Crippen LogP contribution >= 0.6 is 0 Å². The highest BCUT2D eigenvalue weighted by atomic mass is 19.4. The zero-order valence-electron chi connectivity index (χ0n) is 21.1. The highest BCUT2D eigenvalue weighted by Gasteiger charge is 2.34. The van der Waals surface area contributed by atoms with Gasteiger partial charge in [0.1, 0.15) is 11.6 Å². The van der Waals surface area contributed by atoms with Gasteiger partial charge in [-0.15, -0.1) is 0 Å². The third-order valence-electron chi connectivity index (χ3n) is 6.74. The molecule has 1 fully saturated rings. The third-order valence-corrected chi connectivity index (χ3v) is 6.74.